The number of benzene rings is 2. The fraction of sp³-hybridized carbons (Fsp3) is 0.333. The van der Waals surface area contributed by atoms with E-state index in [1.165, 1.54) is 27.2 Å². The molecule has 0 bridgehead atoms. The number of hydroxylamine groups is 2. The highest BCUT2D eigenvalue weighted by Crippen LogP contribution is 2.43. The van der Waals surface area contributed by atoms with E-state index in [-0.39, 0.29) is 0 Å². The van der Waals surface area contributed by atoms with Crippen LogP contribution in [-0.4, -0.2) is 24.8 Å². The molecule has 0 radical (unpaired) electrons. The Kier molecular flexibility index (Phi) is 4.74. The topological polar surface area (TPSA) is 12.5 Å². The molecule has 1 fully saturated rings. The van der Waals surface area contributed by atoms with E-state index in [4.69, 9.17) is 4.84 Å². The summed E-state index contributed by atoms with van der Waals surface area (Å²) in [5, 5.41) is 2.12. The summed E-state index contributed by atoms with van der Waals surface area (Å²) in [6.07, 6.45) is 2.17. The number of fused-ring (bicyclic) bond motifs is 2. The van der Waals surface area contributed by atoms with Gasteiger partial charge in [-0.1, -0.05) is 48.0 Å². The number of rotatable bonds is 2. The molecule has 0 spiro atoms. The molecule has 0 saturated carbocycles. The van der Waals surface area contributed by atoms with Crippen LogP contribution in [0.5, 0.6) is 0 Å². The predicted molar refractivity (Wildman–Crippen MR) is 101 cm³/mol. The Morgan fingerprint density at radius 1 is 0.958 bits per heavy atom. The quantitative estimate of drug-likeness (QED) is 0.753. The lowest BCUT2D eigenvalue weighted by Crippen LogP contribution is -2.31. The molecule has 0 aliphatic carbocycles. The first-order valence-corrected chi connectivity index (χ1v) is 9.75. The zero-order valence-electron chi connectivity index (χ0n) is 14.1. The van der Waals surface area contributed by atoms with Crippen molar-refractivity contribution in [2.24, 2.45) is 0 Å². The number of piperidine rings is 1. The van der Waals surface area contributed by atoms with E-state index in [0.29, 0.717) is 0 Å². The Morgan fingerprint density at radius 3 is 2.46 bits per heavy atom. The minimum atomic E-state index is 0.758. The van der Waals surface area contributed by atoms with Crippen LogP contribution in [0, 0.1) is 0 Å². The molecule has 0 atom stereocenters. The molecule has 0 aromatic heterocycles. The normalized spacial score (nSPS) is 18.0. The maximum absolute atomic E-state index is 5.69. The van der Waals surface area contributed by atoms with Crippen LogP contribution < -0.4 is 0 Å². The molecule has 2 aromatic carbocycles. The average Bonchev–Trinajstić information content (AvgIpc) is 2.80. The Morgan fingerprint density at radius 2 is 1.67 bits per heavy atom. The smallest absolute Gasteiger partial charge is 0.0656 e. The molecule has 0 unspecified atom stereocenters. The molecule has 2 nitrogen and oxygen atoms in total. The second-order valence-corrected chi connectivity index (χ2v) is 7.28. The van der Waals surface area contributed by atoms with Gasteiger partial charge in [0.1, 0.15) is 0 Å². The molecule has 2 heterocycles. The molecule has 2 aliphatic heterocycles. The van der Waals surface area contributed by atoms with Gasteiger partial charge < -0.3 is 0 Å². The molecule has 2 aliphatic rings. The molecule has 0 amide bonds. The average molecular weight is 337 g/mol. The Hall–Kier alpha value is -1.55. The molecule has 1 saturated heterocycles. The Labute approximate surface area is 148 Å². The summed E-state index contributed by atoms with van der Waals surface area (Å²) in [5.74, 6) is 1.05. The van der Waals surface area contributed by atoms with Gasteiger partial charge in [0.25, 0.3) is 0 Å². The third-order valence-corrected chi connectivity index (χ3v) is 5.94. The summed E-state index contributed by atoms with van der Waals surface area (Å²) in [4.78, 5) is 7.09. The number of thioether (sulfide) groups is 1. The number of nitrogens with zero attached hydrogens (tertiary/aromatic N) is 1. The van der Waals surface area contributed by atoms with Gasteiger partial charge in [0.15, 0.2) is 0 Å². The summed E-state index contributed by atoms with van der Waals surface area (Å²) in [6.45, 7) is 4.80. The summed E-state index contributed by atoms with van der Waals surface area (Å²) in [7, 11) is 0. The lowest BCUT2D eigenvalue weighted by Gasteiger charge is -2.29. The second kappa shape index (κ2) is 7.14. The van der Waals surface area contributed by atoms with Gasteiger partial charge in [0, 0.05) is 23.7 Å². The summed E-state index contributed by atoms with van der Waals surface area (Å²) in [5.41, 5.74) is 7.34. The van der Waals surface area contributed by atoms with Crippen molar-refractivity contribution >= 4 is 17.3 Å². The first-order valence-electron chi connectivity index (χ1n) is 8.77. The van der Waals surface area contributed by atoms with Crippen molar-refractivity contribution in [1.29, 1.82) is 0 Å². The van der Waals surface area contributed by atoms with Crippen LogP contribution >= 0.6 is 11.8 Å². The second-order valence-electron chi connectivity index (χ2n) is 6.27. The summed E-state index contributed by atoms with van der Waals surface area (Å²) in [6, 6.07) is 17.8. The first kappa shape index (κ1) is 15.9. The molecule has 2 aromatic rings. The van der Waals surface area contributed by atoms with Crippen LogP contribution in [0.15, 0.2) is 59.0 Å². The highest BCUT2D eigenvalue weighted by molar-refractivity contribution is 7.98. The SMILES string of the molecule is CCON1CCC(=C2c3ccccc3CSc3ccccc32)CC1. The van der Waals surface area contributed by atoms with Crippen molar-refractivity contribution in [2.45, 2.75) is 30.4 Å². The van der Waals surface area contributed by atoms with Crippen molar-refractivity contribution in [3.63, 3.8) is 0 Å². The van der Waals surface area contributed by atoms with Crippen LogP contribution in [0.25, 0.3) is 5.57 Å². The molecule has 3 heteroatoms. The highest BCUT2D eigenvalue weighted by Gasteiger charge is 2.24. The third kappa shape index (κ3) is 3.04. The van der Waals surface area contributed by atoms with Gasteiger partial charge in [-0.25, -0.2) is 0 Å². The van der Waals surface area contributed by atoms with Crippen molar-refractivity contribution in [3.8, 4) is 0 Å². The van der Waals surface area contributed by atoms with Crippen molar-refractivity contribution in [1.82, 2.24) is 5.06 Å². The van der Waals surface area contributed by atoms with Gasteiger partial charge in [-0.05, 0) is 48.1 Å². The van der Waals surface area contributed by atoms with E-state index in [2.05, 4.69) is 60.5 Å². The Bertz CT molecular complexity index is 708. The number of hydrogen-bond donors (Lipinski definition) is 0. The fourth-order valence-corrected chi connectivity index (χ4v) is 4.75. The molecule has 24 heavy (non-hydrogen) atoms. The van der Waals surface area contributed by atoms with Crippen LogP contribution in [0.2, 0.25) is 0 Å². The van der Waals surface area contributed by atoms with Crippen LogP contribution in [0.4, 0.5) is 0 Å². The fourth-order valence-electron chi connectivity index (χ4n) is 3.69. The van der Waals surface area contributed by atoms with Crippen LogP contribution in [0.1, 0.15) is 36.5 Å². The Balaban J connectivity index is 1.80. The van der Waals surface area contributed by atoms with Gasteiger partial charge in [-0.15, -0.1) is 11.8 Å². The third-order valence-electron chi connectivity index (χ3n) is 4.82. The van der Waals surface area contributed by atoms with E-state index in [1.807, 2.05) is 11.8 Å². The zero-order valence-corrected chi connectivity index (χ0v) is 14.9. The van der Waals surface area contributed by atoms with Gasteiger partial charge in [0.05, 0.1) is 6.61 Å². The van der Waals surface area contributed by atoms with E-state index < -0.39 is 0 Å². The van der Waals surface area contributed by atoms with Gasteiger partial charge in [-0.3, -0.25) is 4.84 Å². The van der Waals surface area contributed by atoms with Crippen molar-refractivity contribution in [3.05, 3.63) is 70.8 Å². The molecular formula is C21H23NOS. The minimum absolute atomic E-state index is 0.758. The van der Waals surface area contributed by atoms with E-state index in [9.17, 15) is 0 Å². The van der Waals surface area contributed by atoms with E-state index >= 15 is 0 Å². The van der Waals surface area contributed by atoms with Crippen molar-refractivity contribution in [2.75, 3.05) is 19.7 Å². The molecular weight excluding hydrogens is 314 g/mol. The zero-order chi connectivity index (χ0) is 16.4. The van der Waals surface area contributed by atoms with E-state index in [0.717, 1.165) is 38.3 Å². The first-order chi connectivity index (χ1) is 11.9. The maximum atomic E-state index is 5.69. The largest absolute Gasteiger partial charge is 0.299 e. The predicted octanol–water partition coefficient (Wildman–Crippen LogP) is 5.14. The van der Waals surface area contributed by atoms with Crippen LogP contribution in [0.3, 0.4) is 0 Å². The van der Waals surface area contributed by atoms with Gasteiger partial charge in [0.2, 0.25) is 0 Å². The monoisotopic (exact) mass is 337 g/mol. The lowest BCUT2D eigenvalue weighted by atomic mass is 9.87. The molecule has 0 N–H and O–H groups in total. The highest BCUT2D eigenvalue weighted by atomic mass is 32.2. The van der Waals surface area contributed by atoms with Gasteiger partial charge >= 0.3 is 0 Å². The lowest BCUT2D eigenvalue weighted by molar-refractivity contribution is -0.158. The molecule has 4 rings (SSSR count). The minimum Gasteiger partial charge on any atom is -0.299 e. The summed E-state index contributed by atoms with van der Waals surface area (Å²) < 4.78 is 0. The van der Waals surface area contributed by atoms with E-state index in [1.54, 1.807) is 5.57 Å². The summed E-state index contributed by atoms with van der Waals surface area (Å²) >= 11 is 1.96. The van der Waals surface area contributed by atoms with Gasteiger partial charge in [-0.2, -0.15) is 5.06 Å². The number of hydrogen-bond acceptors (Lipinski definition) is 3. The molecule has 124 valence electrons. The maximum Gasteiger partial charge on any atom is 0.0656 e. The van der Waals surface area contributed by atoms with Crippen LogP contribution in [-0.2, 0) is 10.6 Å². The standard InChI is InChI=1S/C21H23NOS/c1-2-23-22-13-11-16(12-14-22)21-18-8-4-3-7-17(18)15-24-20-10-6-5-9-19(20)21/h3-10H,2,11-15H2,1H3. The van der Waals surface area contributed by atoms with Crippen molar-refractivity contribution < 1.29 is 4.84 Å².